The van der Waals surface area contributed by atoms with Crippen molar-refractivity contribution in [1.29, 1.82) is 5.26 Å². The minimum absolute atomic E-state index is 0.452. The number of nitrogens with one attached hydrogen (secondary N) is 1. The first-order valence-electron chi connectivity index (χ1n) is 6.90. The van der Waals surface area contributed by atoms with Gasteiger partial charge in [-0.25, -0.2) is 4.98 Å². The van der Waals surface area contributed by atoms with Crippen LogP contribution in [0.2, 0.25) is 10.0 Å². The van der Waals surface area contributed by atoms with Gasteiger partial charge in [-0.1, -0.05) is 30.1 Å². The second kappa shape index (κ2) is 7.01. The van der Waals surface area contributed by atoms with Gasteiger partial charge in [0.1, 0.15) is 11.6 Å². The van der Waals surface area contributed by atoms with Gasteiger partial charge in [-0.2, -0.15) is 5.26 Å². The first-order valence-corrected chi connectivity index (χ1v) is 7.66. The van der Waals surface area contributed by atoms with Crippen molar-refractivity contribution in [2.45, 2.75) is 38.6 Å². The van der Waals surface area contributed by atoms with Gasteiger partial charge in [0.05, 0.1) is 22.5 Å². The van der Waals surface area contributed by atoms with Gasteiger partial charge >= 0.3 is 0 Å². The summed E-state index contributed by atoms with van der Waals surface area (Å²) in [6, 6.07) is 4.36. The van der Waals surface area contributed by atoms with Crippen LogP contribution in [0.15, 0.2) is 6.07 Å². The van der Waals surface area contributed by atoms with Gasteiger partial charge in [0.2, 0.25) is 0 Å². The smallest absolute Gasteiger partial charge is 0.150 e. The van der Waals surface area contributed by atoms with Crippen LogP contribution in [0.5, 0.6) is 0 Å². The Bertz CT molecular complexity index is 509. The number of pyridine rings is 1. The minimum Gasteiger partial charge on any atom is -0.369 e. The molecule has 1 saturated carbocycles. The molecule has 1 heterocycles. The summed E-state index contributed by atoms with van der Waals surface area (Å²) in [4.78, 5) is 6.69. The van der Waals surface area contributed by atoms with E-state index in [-0.39, 0.29) is 0 Å². The molecule has 0 bridgehead atoms. The van der Waals surface area contributed by atoms with Gasteiger partial charge < -0.3 is 10.2 Å². The molecule has 6 heteroatoms. The van der Waals surface area contributed by atoms with Crippen molar-refractivity contribution in [2.75, 3.05) is 23.3 Å². The van der Waals surface area contributed by atoms with E-state index in [2.05, 4.69) is 28.2 Å². The van der Waals surface area contributed by atoms with Crippen molar-refractivity contribution in [3.63, 3.8) is 0 Å². The maximum Gasteiger partial charge on any atom is 0.150 e. The van der Waals surface area contributed by atoms with Crippen molar-refractivity contribution in [1.82, 2.24) is 4.98 Å². The molecule has 1 aromatic rings. The van der Waals surface area contributed by atoms with Crippen molar-refractivity contribution < 1.29 is 0 Å². The molecule has 0 unspecified atom stereocenters. The zero-order valence-electron chi connectivity index (χ0n) is 11.5. The van der Waals surface area contributed by atoms with E-state index in [9.17, 15) is 0 Å². The summed E-state index contributed by atoms with van der Waals surface area (Å²) in [5.41, 5.74) is 0. The van der Waals surface area contributed by atoms with Crippen molar-refractivity contribution in [3.8, 4) is 6.07 Å². The van der Waals surface area contributed by atoms with Crippen LogP contribution in [0.25, 0.3) is 0 Å². The van der Waals surface area contributed by atoms with Crippen LogP contribution in [-0.4, -0.2) is 24.1 Å². The van der Waals surface area contributed by atoms with Crippen LogP contribution >= 0.6 is 23.2 Å². The van der Waals surface area contributed by atoms with Gasteiger partial charge in [0, 0.05) is 19.1 Å². The van der Waals surface area contributed by atoms with E-state index in [0.717, 1.165) is 31.6 Å². The van der Waals surface area contributed by atoms with Gasteiger partial charge in [0.15, 0.2) is 0 Å². The average Bonchev–Trinajstić information content (AvgIpc) is 3.24. The Morgan fingerprint density at radius 1 is 1.45 bits per heavy atom. The summed E-state index contributed by atoms with van der Waals surface area (Å²) < 4.78 is 0. The molecule has 108 valence electrons. The van der Waals surface area contributed by atoms with Gasteiger partial charge in [-0.05, 0) is 25.3 Å². The maximum absolute atomic E-state index is 8.78. The van der Waals surface area contributed by atoms with Crippen LogP contribution in [0.4, 0.5) is 11.6 Å². The topological polar surface area (TPSA) is 52.0 Å². The lowest BCUT2D eigenvalue weighted by Gasteiger charge is -2.24. The van der Waals surface area contributed by atoms with E-state index in [0.29, 0.717) is 34.9 Å². The first kappa shape index (κ1) is 15.2. The fourth-order valence-corrected chi connectivity index (χ4v) is 2.58. The third-order valence-corrected chi connectivity index (χ3v) is 3.74. The average molecular weight is 313 g/mol. The maximum atomic E-state index is 8.78. The first-order chi connectivity index (χ1) is 9.67. The normalized spacial score (nSPS) is 13.9. The number of nitrogens with zero attached hydrogens (tertiary/aromatic N) is 3. The Labute approximate surface area is 129 Å². The summed E-state index contributed by atoms with van der Waals surface area (Å²) in [6.45, 7) is 3.55. The fraction of sp³-hybridized carbons (Fsp3) is 0.571. The summed E-state index contributed by atoms with van der Waals surface area (Å²) in [6.07, 6.45) is 3.72. The Morgan fingerprint density at radius 2 is 2.20 bits per heavy atom. The van der Waals surface area contributed by atoms with Crippen molar-refractivity contribution in [3.05, 3.63) is 16.1 Å². The number of halogens is 2. The zero-order chi connectivity index (χ0) is 14.5. The molecule has 0 atom stereocenters. The van der Waals surface area contributed by atoms with E-state index in [1.54, 1.807) is 6.07 Å². The van der Waals surface area contributed by atoms with Crippen molar-refractivity contribution >= 4 is 34.8 Å². The molecule has 4 nitrogen and oxygen atoms in total. The molecule has 1 aliphatic rings. The second-order valence-electron chi connectivity index (χ2n) is 4.88. The van der Waals surface area contributed by atoms with Crippen molar-refractivity contribution in [2.24, 2.45) is 0 Å². The zero-order valence-corrected chi connectivity index (χ0v) is 13.0. The van der Waals surface area contributed by atoms with E-state index >= 15 is 0 Å². The van der Waals surface area contributed by atoms with E-state index < -0.39 is 0 Å². The van der Waals surface area contributed by atoms with Gasteiger partial charge in [0.25, 0.3) is 0 Å². The predicted molar refractivity (Wildman–Crippen MR) is 83.6 cm³/mol. The lowest BCUT2D eigenvalue weighted by Crippen LogP contribution is -2.28. The minimum atomic E-state index is 0.452. The molecule has 0 amide bonds. The number of hydrogen-bond donors (Lipinski definition) is 1. The Kier molecular flexibility index (Phi) is 5.33. The highest BCUT2D eigenvalue weighted by atomic mass is 35.5. The molecular weight excluding hydrogens is 295 g/mol. The summed E-state index contributed by atoms with van der Waals surface area (Å²) in [7, 11) is 0. The highest BCUT2D eigenvalue weighted by Gasteiger charge is 2.31. The molecule has 0 saturated heterocycles. The van der Waals surface area contributed by atoms with Crippen LogP contribution in [0.3, 0.4) is 0 Å². The summed E-state index contributed by atoms with van der Waals surface area (Å²) >= 11 is 12.4. The standard InChI is InChI=1S/C14H18Cl2N4/c1-2-7-18-13-11(15)9-12(16)14(19-13)20(8-3-6-17)10-4-5-10/h9-10H,2-5,7-8H2,1H3,(H,18,19). The molecule has 0 radical (unpaired) electrons. The molecule has 20 heavy (non-hydrogen) atoms. The van der Waals surface area contributed by atoms with E-state index in [4.69, 9.17) is 28.5 Å². The highest BCUT2D eigenvalue weighted by molar-refractivity contribution is 6.37. The third kappa shape index (κ3) is 3.68. The van der Waals surface area contributed by atoms with Gasteiger partial charge in [-0.15, -0.1) is 0 Å². The SMILES string of the molecule is CCCNc1nc(N(CCC#N)C2CC2)c(Cl)cc1Cl. The molecule has 1 aliphatic carbocycles. The Balaban J connectivity index is 2.25. The predicted octanol–water partition coefficient (Wildman–Crippen LogP) is 4.09. The van der Waals surface area contributed by atoms with E-state index in [1.807, 2.05) is 0 Å². The Morgan fingerprint density at radius 3 is 2.80 bits per heavy atom. The van der Waals surface area contributed by atoms with E-state index in [1.165, 1.54) is 0 Å². The van der Waals surface area contributed by atoms with Crippen LogP contribution < -0.4 is 10.2 Å². The molecule has 2 rings (SSSR count). The fourth-order valence-electron chi connectivity index (χ4n) is 2.04. The van der Waals surface area contributed by atoms with Crippen LogP contribution in [0.1, 0.15) is 32.6 Å². The molecule has 1 N–H and O–H groups in total. The number of aromatic nitrogens is 1. The quantitative estimate of drug-likeness (QED) is 0.823. The summed E-state index contributed by atoms with van der Waals surface area (Å²) in [5.74, 6) is 1.39. The number of rotatable bonds is 7. The molecule has 0 aliphatic heterocycles. The monoisotopic (exact) mass is 312 g/mol. The third-order valence-electron chi connectivity index (χ3n) is 3.18. The lowest BCUT2D eigenvalue weighted by molar-refractivity contribution is 0.778. The number of nitriles is 1. The summed E-state index contributed by atoms with van der Waals surface area (Å²) in [5, 5.41) is 13.1. The molecule has 0 aromatic carbocycles. The largest absolute Gasteiger partial charge is 0.369 e. The van der Waals surface area contributed by atoms with Crippen LogP contribution in [-0.2, 0) is 0 Å². The number of anilines is 2. The van der Waals surface area contributed by atoms with Gasteiger partial charge in [-0.3, -0.25) is 0 Å². The Hall–Kier alpha value is -1.18. The second-order valence-corrected chi connectivity index (χ2v) is 5.70. The molecule has 1 aromatic heterocycles. The molecule has 1 fully saturated rings. The lowest BCUT2D eigenvalue weighted by atomic mass is 10.3. The molecular formula is C14H18Cl2N4. The number of hydrogen-bond acceptors (Lipinski definition) is 4. The molecule has 0 spiro atoms. The van der Waals surface area contributed by atoms with Crippen LogP contribution in [0, 0.1) is 11.3 Å². The highest BCUT2D eigenvalue weighted by Crippen LogP contribution is 2.37.